The standard InChI is InChI=1S/C16H27N5.HI/c1-13-6-8-20(11-15(13)21-9-7-18-12-21)16(17-2)19-10-14-4-3-5-14;/h7,9,12-15H,3-6,8,10-11H2,1-2H3,(H,17,19);1H. The highest BCUT2D eigenvalue weighted by Crippen LogP contribution is 2.28. The summed E-state index contributed by atoms with van der Waals surface area (Å²) in [6.07, 6.45) is 11.2. The Kier molecular flexibility index (Phi) is 6.52. The van der Waals surface area contributed by atoms with E-state index < -0.39 is 0 Å². The third kappa shape index (κ3) is 3.94. The number of halogens is 1. The first-order valence-corrected chi connectivity index (χ1v) is 8.21. The van der Waals surface area contributed by atoms with Crippen LogP contribution in [0.15, 0.2) is 23.7 Å². The highest BCUT2D eigenvalue weighted by Gasteiger charge is 2.29. The molecule has 3 rings (SSSR count). The van der Waals surface area contributed by atoms with Gasteiger partial charge in [0.15, 0.2) is 5.96 Å². The van der Waals surface area contributed by atoms with Crippen LogP contribution in [-0.2, 0) is 0 Å². The van der Waals surface area contributed by atoms with Gasteiger partial charge >= 0.3 is 0 Å². The number of hydrogen-bond donors (Lipinski definition) is 1. The van der Waals surface area contributed by atoms with Gasteiger partial charge in [-0.15, -0.1) is 24.0 Å². The summed E-state index contributed by atoms with van der Waals surface area (Å²) in [5.41, 5.74) is 0. The quantitative estimate of drug-likeness (QED) is 0.468. The van der Waals surface area contributed by atoms with E-state index in [1.54, 1.807) is 0 Å². The van der Waals surface area contributed by atoms with Gasteiger partial charge in [-0.25, -0.2) is 4.98 Å². The smallest absolute Gasteiger partial charge is 0.193 e. The summed E-state index contributed by atoms with van der Waals surface area (Å²) < 4.78 is 2.25. The number of nitrogens with zero attached hydrogens (tertiary/aromatic N) is 4. The first kappa shape index (κ1) is 17.6. The molecule has 2 aliphatic rings. The Labute approximate surface area is 150 Å². The Morgan fingerprint density at radius 1 is 1.36 bits per heavy atom. The zero-order valence-corrected chi connectivity index (χ0v) is 15.9. The van der Waals surface area contributed by atoms with Gasteiger partial charge in [0, 0.05) is 39.1 Å². The number of imidazole rings is 1. The number of rotatable bonds is 3. The Hall–Kier alpha value is -0.790. The van der Waals surface area contributed by atoms with Crippen molar-refractivity contribution in [3.8, 4) is 0 Å². The van der Waals surface area contributed by atoms with Gasteiger partial charge in [-0.1, -0.05) is 13.3 Å². The van der Waals surface area contributed by atoms with Gasteiger partial charge in [-0.05, 0) is 31.1 Å². The fourth-order valence-electron chi connectivity index (χ4n) is 3.36. The lowest BCUT2D eigenvalue weighted by molar-refractivity contribution is 0.187. The molecule has 2 atom stereocenters. The molecule has 1 N–H and O–H groups in total. The molecule has 0 spiro atoms. The number of hydrogen-bond acceptors (Lipinski definition) is 2. The van der Waals surface area contributed by atoms with Crippen LogP contribution in [0.2, 0.25) is 0 Å². The summed E-state index contributed by atoms with van der Waals surface area (Å²) in [5, 5.41) is 3.57. The number of piperidine rings is 1. The van der Waals surface area contributed by atoms with Crippen LogP contribution in [0.4, 0.5) is 0 Å². The van der Waals surface area contributed by atoms with Crippen LogP contribution in [0.5, 0.6) is 0 Å². The molecule has 2 heterocycles. The van der Waals surface area contributed by atoms with Crippen molar-refractivity contribution in [3.05, 3.63) is 18.7 Å². The second-order valence-corrected chi connectivity index (χ2v) is 6.51. The van der Waals surface area contributed by atoms with Crippen molar-refractivity contribution in [1.29, 1.82) is 0 Å². The minimum atomic E-state index is 0. The largest absolute Gasteiger partial charge is 0.356 e. The highest BCUT2D eigenvalue weighted by molar-refractivity contribution is 14.0. The summed E-state index contributed by atoms with van der Waals surface area (Å²) in [6, 6.07) is 0.489. The maximum Gasteiger partial charge on any atom is 0.193 e. The number of guanidine groups is 1. The number of likely N-dealkylation sites (tertiary alicyclic amines) is 1. The Balaban J connectivity index is 0.00000176. The van der Waals surface area contributed by atoms with Gasteiger partial charge in [0.1, 0.15) is 0 Å². The van der Waals surface area contributed by atoms with E-state index in [-0.39, 0.29) is 24.0 Å². The molecule has 0 bridgehead atoms. The molecule has 6 heteroatoms. The first-order chi connectivity index (χ1) is 10.3. The van der Waals surface area contributed by atoms with Crippen LogP contribution in [0, 0.1) is 11.8 Å². The molecular formula is C16H28IN5. The fraction of sp³-hybridized carbons (Fsp3) is 0.750. The van der Waals surface area contributed by atoms with Gasteiger partial charge in [0.2, 0.25) is 0 Å². The maximum atomic E-state index is 4.49. The van der Waals surface area contributed by atoms with E-state index in [1.807, 2.05) is 19.6 Å². The predicted octanol–water partition coefficient (Wildman–Crippen LogP) is 2.76. The van der Waals surface area contributed by atoms with Crippen LogP contribution in [0.25, 0.3) is 0 Å². The van der Waals surface area contributed by atoms with Gasteiger partial charge in [-0.2, -0.15) is 0 Å². The van der Waals surface area contributed by atoms with E-state index in [9.17, 15) is 0 Å². The fourth-order valence-corrected chi connectivity index (χ4v) is 3.36. The Bertz CT molecular complexity index is 469. The lowest BCUT2D eigenvalue weighted by atomic mass is 9.85. The van der Waals surface area contributed by atoms with Crippen molar-refractivity contribution >= 4 is 29.9 Å². The van der Waals surface area contributed by atoms with Gasteiger partial charge in [-0.3, -0.25) is 4.99 Å². The molecule has 1 aromatic heterocycles. The van der Waals surface area contributed by atoms with Crippen LogP contribution in [0.3, 0.4) is 0 Å². The van der Waals surface area contributed by atoms with Gasteiger partial charge < -0.3 is 14.8 Å². The molecule has 2 unspecified atom stereocenters. The molecular weight excluding hydrogens is 389 g/mol. The third-order valence-corrected chi connectivity index (χ3v) is 5.11. The monoisotopic (exact) mass is 417 g/mol. The minimum absolute atomic E-state index is 0. The molecule has 124 valence electrons. The van der Waals surface area contributed by atoms with Crippen molar-refractivity contribution in [2.45, 2.75) is 38.6 Å². The Morgan fingerprint density at radius 2 is 2.18 bits per heavy atom. The average molecular weight is 417 g/mol. The molecule has 22 heavy (non-hydrogen) atoms. The number of aromatic nitrogens is 2. The zero-order valence-electron chi connectivity index (χ0n) is 13.6. The highest BCUT2D eigenvalue weighted by atomic mass is 127. The molecule has 1 saturated carbocycles. The number of aliphatic imine (C=N–C) groups is 1. The molecule has 0 radical (unpaired) electrons. The summed E-state index contributed by atoms with van der Waals surface area (Å²) in [5.74, 6) is 2.61. The molecule has 1 saturated heterocycles. The summed E-state index contributed by atoms with van der Waals surface area (Å²) in [7, 11) is 1.90. The Morgan fingerprint density at radius 3 is 2.77 bits per heavy atom. The lowest BCUT2D eigenvalue weighted by Crippen LogP contribution is -2.50. The molecule has 5 nitrogen and oxygen atoms in total. The summed E-state index contributed by atoms with van der Waals surface area (Å²) in [4.78, 5) is 11.1. The number of nitrogens with one attached hydrogen (secondary N) is 1. The second-order valence-electron chi connectivity index (χ2n) is 6.51. The van der Waals surface area contributed by atoms with E-state index in [0.717, 1.165) is 31.5 Å². The average Bonchev–Trinajstić information content (AvgIpc) is 2.96. The van der Waals surface area contributed by atoms with E-state index in [0.29, 0.717) is 12.0 Å². The normalized spacial score (nSPS) is 26.3. The van der Waals surface area contributed by atoms with Crippen LogP contribution < -0.4 is 5.32 Å². The van der Waals surface area contributed by atoms with E-state index in [4.69, 9.17) is 0 Å². The van der Waals surface area contributed by atoms with Crippen molar-refractivity contribution in [1.82, 2.24) is 19.8 Å². The van der Waals surface area contributed by atoms with Crippen molar-refractivity contribution in [3.63, 3.8) is 0 Å². The summed E-state index contributed by atoms with van der Waals surface area (Å²) >= 11 is 0. The molecule has 1 aromatic rings. The van der Waals surface area contributed by atoms with Crippen molar-refractivity contribution in [2.75, 3.05) is 26.7 Å². The van der Waals surface area contributed by atoms with Crippen LogP contribution in [-0.4, -0.2) is 47.1 Å². The second kappa shape index (κ2) is 8.17. The zero-order chi connectivity index (χ0) is 14.7. The first-order valence-electron chi connectivity index (χ1n) is 8.21. The van der Waals surface area contributed by atoms with Crippen LogP contribution in [0.1, 0.15) is 38.6 Å². The molecule has 1 aliphatic heterocycles. The summed E-state index contributed by atoms with van der Waals surface area (Å²) in [6.45, 7) is 5.53. The van der Waals surface area contributed by atoms with Crippen molar-refractivity contribution < 1.29 is 0 Å². The van der Waals surface area contributed by atoms with Gasteiger partial charge in [0.25, 0.3) is 0 Å². The molecule has 0 aromatic carbocycles. The van der Waals surface area contributed by atoms with Crippen molar-refractivity contribution in [2.24, 2.45) is 16.8 Å². The maximum absolute atomic E-state index is 4.49. The third-order valence-electron chi connectivity index (χ3n) is 5.11. The molecule has 0 amide bonds. The predicted molar refractivity (Wildman–Crippen MR) is 101 cm³/mol. The molecule has 2 fully saturated rings. The topological polar surface area (TPSA) is 45.5 Å². The lowest BCUT2D eigenvalue weighted by Gasteiger charge is -2.39. The molecule has 1 aliphatic carbocycles. The minimum Gasteiger partial charge on any atom is -0.356 e. The van der Waals surface area contributed by atoms with E-state index >= 15 is 0 Å². The van der Waals surface area contributed by atoms with Crippen LogP contribution >= 0.6 is 24.0 Å². The SMILES string of the molecule is CN=C(NCC1CCC1)N1CCC(C)C(n2ccnc2)C1.I. The van der Waals surface area contributed by atoms with E-state index in [2.05, 4.69) is 37.9 Å². The van der Waals surface area contributed by atoms with E-state index in [1.165, 1.54) is 25.7 Å². The van der Waals surface area contributed by atoms with Gasteiger partial charge in [0.05, 0.1) is 12.4 Å².